The van der Waals surface area contributed by atoms with Crippen molar-refractivity contribution < 1.29 is 4.74 Å². The summed E-state index contributed by atoms with van der Waals surface area (Å²) in [6.45, 7) is 4.39. The van der Waals surface area contributed by atoms with Crippen molar-refractivity contribution in [1.82, 2.24) is 10.3 Å². The number of nitrogens with one attached hydrogen (secondary N) is 2. The summed E-state index contributed by atoms with van der Waals surface area (Å²) in [6.07, 6.45) is 3.67. The highest BCUT2D eigenvalue weighted by molar-refractivity contribution is 5.88. The molecule has 1 aromatic carbocycles. The molecular formula is C16H22N2O. The van der Waals surface area contributed by atoms with Gasteiger partial charge in [0.1, 0.15) is 5.75 Å². The second-order valence-corrected chi connectivity index (χ2v) is 5.57. The van der Waals surface area contributed by atoms with E-state index in [-0.39, 0.29) is 0 Å². The van der Waals surface area contributed by atoms with E-state index >= 15 is 0 Å². The average molecular weight is 258 g/mol. The Morgan fingerprint density at radius 2 is 2.05 bits per heavy atom. The molecule has 0 atom stereocenters. The number of aromatic nitrogens is 1. The number of aromatic amines is 1. The number of rotatable bonds is 3. The summed E-state index contributed by atoms with van der Waals surface area (Å²) in [5.41, 5.74) is 3.71. The number of fused-ring (bicyclic) bond motifs is 1. The van der Waals surface area contributed by atoms with Gasteiger partial charge < -0.3 is 15.0 Å². The zero-order valence-corrected chi connectivity index (χ0v) is 11.8. The molecule has 3 nitrogen and oxygen atoms in total. The predicted octanol–water partition coefficient (Wildman–Crippen LogP) is 3.03. The molecule has 0 bridgehead atoms. The molecule has 0 spiro atoms. The molecule has 3 heteroatoms. The Hall–Kier alpha value is -1.48. The van der Waals surface area contributed by atoms with Crippen LogP contribution in [0.2, 0.25) is 0 Å². The van der Waals surface area contributed by atoms with Crippen molar-refractivity contribution in [3.05, 3.63) is 29.5 Å². The minimum atomic E-state index is 0.785. The van der Waals surface area contributed by atoms with Gasteiger partial charge in [-0.2, -0.15) is 0 Å². The molecule has 0 unspecified atom stereocenters. The molecule has 19 heavy (non-hydrogen) atoms. The van der Waals surface area contributed by atoms with Crippen LogP contribution in [-0.2, 0) is 6.42 Å². The van der Waals surface area contributed by atoms with Gasteiger partial charge in [0, 0.05) is 16.6 Å². The van der Waals surface area contributed by atoms with E-state index in [4.69, 9.17) is 4.74 Å². The molecule has 0 aliphatic carbocycles. The van der Waals surface area contributed by atoms with Gasteiger partial charge in [-0.15, -0.1) is 0 Å². The predicted molar refractivity (Wildman–Crippen MR) is 78.9 cm³/mol. The molecule has 0 radical (unpaired) electrons. The second-order valence-electron chi connectivity index (χ2n) is 5.57. The molecular weight excluding hydrogens is 236 g/mol. The third-order valence-electron chi connectivity index (χ3n) is 4.14. The SMILES string of the molecule is COc1c(CC2CCNCC2)ccc2[nH]c(C)cc12. The number of ether oxygens (including phenoxy) is 1. The zero-order chi connectivity index (χ0) is 13.2. The molecule has 1 fully saturated rings. The lowest BCUT2D eigenvalue weighted by Crippen LogP contribution is -2.28. The molecule has 3 rings (SSSR count). The van der Waals surface area contributed by atoms with Gasteiger partial charge >= 0.3 is 0 Å². The number of H-pyrrole nitrogens is 1. The number of hydrogen-bond acceptors (Lipinski definition) is 2. The summed E-state index contributed by atoms with van der Waals surface area (Å²) in [6, 6.07) is 6.58. The fourth-order valence-corrected chi connectivity index (χ4v) is 3.16. The van der Waals surface area contributed by atoms with Crippen LogP contribution in [0.5, 0.6) is 5.75 Å². The maximum Gasteiger partial charge on any atom is 0.131 e. The topological polar surface area (TPSA) is 37.0 Å². The highest BCUT2D eigenvalue weighted by Gasteiger charge is 2.17. The largest absolute Gasteiger partial charge is 0.496 e. The molecule has 0 amide bonds. The summed E-state index contributed by atoms with van der Waals surface area (Å²) >= 11 is 0. The van der Waals surface area contributed by atoms with Crippen LogP contribution >= 0.6 is 0 Å². The van der Waals surface area contributed by atoms with Gasteiger partial charge in [0.25, 0.3) is 0 Å². The van der Waals surface area contributed by atoms with Crippen molar-refractivity contribution in [1.29, 1.82) is 0 Å². The lowest BCUT2D eigenvalue weighted by atomic mass is 9.90. The van der Waals surface area contributed by atoms with Crippen LogP contribution in [0.1, 0.15) is 24.1 Å². The third kappa shape index (κ3) is 2.47. The van der Waals surface area contributed by atoms with Crippen molar-refractivity contribution in [2.45, 2.75) is 26.2 Å². The van der Waals surface area contributed by atoms with E-state index in [1.807, 2.05) is 0 Å². The summed E-state index contributed by atoms with van der Waals surface area (Å²) < 4.78 is 5.68. The molecule has 1 aliphatic heterocycles. The quantitative estimate of drug-likeness (QED) is 0.888. The number of aryl methyl sites for hydroxylation is 1. The summed E-state index contributed by atoms with van der Waals surface area (Å²) in [7, 11) is 1.78. The molecule has 102 valence electrons. The van der Waals surface area contributed by atoms with Crippen molar-refractivity contribution >= 4 is 10.9 Å². The minimum Gasteiger partial charge on any atom is -0.496 e. The first-order chi connectivity index (χ1) is 9.28. The Morgan fingerprint density at radius 1 is 1.26 bits per heavy atom. The van der Waals surface area contributed by atoms with E-state index in [0.29, 0.717) is 0 Å². The van der Waals surface area contributed by atoms with Crippen LogP contribution in [0.3, 0.4) is 0 Å². The molecule has 2 aromatic rings. The highest BCUT2D eigenvalue weighted by Crippen LogP contribution is 2.33. The zero-order valence-electron chi connectivity index (χ0n) is 11.8. The van der Waals surface area contributed by atoms with Crippen LogP contribution in [0.25, 0.3) is 10.9 Å². The van der Waals surface area contributed by atoms with Crippen LogP contribution < -0.4 is 10.1 Å². The van der Waals surface area contributed by atoms with Gasteiger partial charge in [0.15, 0.2) is 0 Å². The summed E-state index contributed by atoms with van der Waals surface area (Å²) in [4.78, 5) is 3.37. The van der Waals surface area contributed by atoms with Crippen LogP contribution in [0.15, 0.2) is 18.2 Å². The van der Waals surface area contributed by atoms with E-state index < -0.39 is 0 Å². The first-order valence-electron chi connectivity index (χ1n) is 7.14. The lowest BCUT2D eigenvalue weighted by Gasteiger charge is -2.23. The van der Waals surface area contributed by atoms with Crippen LogP contribution in [-0.4, -0.2) is 25.2 Å². The minimum absolute atomic E-state index is 0.785. The maximum atomic E-state index is 5.68. The molecule has 1 aromatic heterocycles. The monoisotopic (exact) mass is 258 g/mol. The van der Waals surface area contributed by atoms with Gasteiger partial charge in [-0.3, -0.25) is 0 Å². The molecule has 2 N–H and O–H groups in total. The van der Waals surface area contributed by atoms with Crippen molar-refractivity contribution in [2.75, 3.05) is 20.2 Å². The average Bonchev–Trinajstić information content (AvgIpc) is 2.80. The molecule has 2 heterocycles. The van der Waals surface area contributed by atoms with E-state index in [1.165, 1.54) is 35.0 Å². The fraction of sp³-hybridized carbons (Fsp3) is 0.500. The molecule has 0 saturated carbocycles. The summed E-state index contributed by atoms with van der Waals surface area (Å²) in [5.74, 6) is 1.84. The number of hydrogen-bond donors (Lipinski definition) is 2. The van der Waals surface area contributed by atoms with Crippen molar-refractivity contribution in [3.8, 4) is 5.75 Å². The number of benzene rings is 1. The Balaban J connectivity index is 1.93. The smallest absolute Gasteiger partial charge is 0.131 e. The van der Waals surface area contributed by atoms with Crippen molar-refractivity contribution in [2.24, 2.45) is 5.92 Å². The Kier molecular flexibility index (Phi) is 3.47. The van der Waals surface area contributed by atoms with Gasteiger partial charge in [-0.1, -0.05) is 6.07 Å². The van der Waals surface area contributed by atoms with Gasteiger partial charge in [-0.05, 0) is 62.9 Å². The number of methoxy groups -OCH3 is 1. The normalized spacial score (nSPS) is 16.9. The Labute approximate surface area is 114 Å². The standard InChI is InChI=1S/C16H22N2O/c1-11-9-14-15(18-11)4-3-13(16(14)19-2)10-12-5-7-17-8-6-12/h3-4,9,12,17-18H,5-8,10H2,1-2H3. The second kappa shape index (κ2) is 5.25. The summed E-state index contributed by atoms with van der Waals surface area (Å²) in [5, 5.41) is 4.64. The van der Waals surface area contributed by atoms with E-state index in [0.717, 1.165) is 31.2 Å². The maximum absolute atomic E-state index is 5.68. The molecule has 1 aliphatic rings. The van der Waals surface area contributed by atoms with Gasteiger partial charge in [0.2, 0.25) is 0 Å². The Bertz CT molecular complexity index is 567. The van der Waals surface area contributed by atoms with Crippen molar-refractivity contribution in [3.63, 3.8) is 0 Å². The Morgan fingerprint density at radius 3 is 2.79 bits per heavy atom. The fourth-order valence-electron chi connectivity index (χ4n) is 3.16. The van der Waals surface area contributed by atoms with Crippen LogP contribution in [0.4, 0.5) is 0 Å². The van der Waals surface area contributed by atoms with E-state index in [1.54, 1.807) is 7.11 Å². The van der Waals surface area contributed by atoms with E-state index in [9.17, 15) is 0 Å². The van der Waals surface area contributed by atoms with Gasteiger partial charge in [-0.25, -0.2) is 0 Å². The first kappa shape index (κ1) is 12.5. The first-order valence-corrected chi connectivity index (χ1v) is 7.14. The van der Waals surface area contributed by atoms with Gasteiger partial charge in [0.05, 0.1) is 7.11 Å². The highest BCUT2D eigenvalue weighted by atomic mass is 16.5. The van der Waals surface area contributed by atoms with Crippen LogP contribution in [0, 0.1) is 12.8 Å². The van der Waals surface area contributed by atoms with E-state index in [2.05, 4.69) is 35.4 Å². The molecule has 1 saturated heterocycles. The third-order valence-corrected chi connectivity index (χ3v) is 4.14. The lowest BCUT2D eigenvalue weighted by molar-refractivity contribution is 0.362. The number of piperidine rings is 1.